The normalized spacial score (nSPS) is 12.6. The Balaban J connectivity index is 1.58. The highest BCUT2D eigenvalue weighted by atomic mass is 32.2. The van der Waals surface area contributed by atoms with Crippen molar-refractivity contribution in [3.63, 3.8) is 0 Å². The van der Waals surface area contributed by atoms with Crippen molar-refractivity contribution in [1.82, 2.24) is 4.98 Å². The summed E-state index contributed by atoms with van der Waals surface area (Å²) in [7, 11) is -14.3. The highest BCUT2D eigenvalue weighted by Crippen LogP contribution is 2.49. The van der Waals surface area contributed by atoms with E-state index >= 15 is 0 Å². The van der Waals surface area contributed by atoms with Crippen molar-refractivity contribution in [2.24, 2.45) is 20.5 Å². The third-order valence-corrected chi connectivity index (χ3v) is 14.7. The van der Waals surface area contributed by atoms with Crippen molar-refractivity contribution in [2.75, 3.05) is 35.8 Å². The molecule has 25 nitrogen and oxygen atoms in total. The Morgan fingerprint density at radius 1 is 0.689 bits per heavy atom. The molecular formula is C44H39N11O14S5. The minimum absolute atomic E-state index is 0.000967. The number of thiophene rings is 1. The van der Waals surface area contributed by atoms with Crippen molar-refractivity contribution < 1.29 is 61.4 Å². The summed E-state index contributed by atoms with van der Waals surface area (Å²) >= 11 is 0.754. The van der Waals surface area contributed by atoms with Crippen LogP contribution in [0.4, 0.5) is 50.1 Å². The van der Waals surface area contributed by atoms with Crippen molar-refractivity contribution in [1.29, 1.82) is 15.3 Å². The van der Waals surface area contributed by atoms with Gasteiger partial charge in [-0.3, -0.25) is 22.7 Å². The number of aromatic nitrogens is 1. The smallest absolute Gasteiger partial charge is 0.296 e. The molecule has 0 radical (unpaired) electrons. The molecule has 5 N–H and O–H groups in total. The first kappa shape index (κ1) is 55.2. The number of nitrogens with one attached hydrogen (secondary N) is 4. The summed E-state index contributed by atoms with van der Waals surface area (Å²) in [6.45, 7) is 1.56. The van der Waals surface area contributed by atoms with Crippen LogP contribution in [0.3, 0.4) is 0 Å². The number of azo groups is 2. The molecule has 30 heteroatoms. The van der Waals surface area contributed by atoms with Crippen LogP contribution >= 0.6 is 11.3 Å². The first-order valence-electron chi connectivity index (χ1n) is 20.5. The first-order valence-corrected chi connectivity index (χ1v) is 27.8. The van der Waals surface area contributed by atoms with Crippen molar-refractivity contribution >= 4 is 115 Å². The Kier molecular flexibility index (Phi) is 17.3. The van der Waals surface area contributed by atoms with Gasteiger partial charge in [0, 0.05) is 28.2 Å². The predicted molar refractivity (Wildman–Crippen MR) is 268 cm³/mol. The molecule has 6 aromatic rings. The highest BCUT2D eigenvalue weighted by Gasteiger charge is 2.25. The second kappa shape index (κ2) is 23.2. The maximum Gasteiger partial charge on any atom is 0.296 e. The number of ether oxygens (including phenoxy) is 2. The van der Waals surface area contributed by atoms with Crippen LogP contribution in [0.5, 0.6) is 0 Å². The first-order chi connectivity index (χ1) is 35.0. The van der Waals surface area contributed by atoms with E-state index < -0.39 is 46.0 Å². The number of pyridine rings is 1. The Labute approximate surface area is 427 Å². The van der Waals surface area contributed by atoms with E-state index in [-0.39, 0.29) is 114 Å². The van der Waals surface area contributed by atoms with Crippen LogP contribution in [0.2, 0.25) is 0 Å². The summed E-state index contributed by atoms with van der Waals surface area (Å²) in [5.41, 5.74) is 1.19. The summed E-state index contributed by atoms with van der Waals surface area (Å²) in [5.74, 6) is -0.897. The lowest BCUT2D eigenvalue weighted by Crippen LogP contribution is -2.10. The second-order valence-corrected chi connectivity index (χ2v) is 22.9. The van der Waals surface area contributed by atoms with Crippen LogP contribution in [-0.2, 0) is 86.7 Å². The van der Waals surface area contributed by atoms with Gasteiger partial charge in [-0.25, -0.2) is 22.4 Å². The van der Waals surface area contributed by atoms with Gasteiger partial charge in [-0.05, 0) is 114 Å². The molecule has 0 fully saturated rings. The molecule has 2 aromatic heterocycles. The van der Waals surface area contributed by atoms with Crippen LogP contribution in [0.15, 0.2) is 115 Å². The van der Waals surface area contributed by atoms with Gasteiger partial charge < -0.3 is 24.7 Å². The Morgan fingerprint density at radius 2 is 1.22 bits per heavy atom. The average molecular weight is 1110 g/mol. The van der Waals surface area contributed by atoms with Crippen LogP contribution in [-0.4, -0.2) is 72.4 Å². The lowest BCUT2D eigenvalue weighted by Gasteiger charge is -2.16. The third kappa shape index (κ3) is 14.1. The molecule has 0 bridgehead atoms. The summed E-state index contributed by atoms with van der Waals surface area (Å²) < 4.78 is 126. The molecule has 2 heterocycles. The largest absolute Gasteiger partial charge is 0.463 e. The molecule has 1 atom stereocenters. The van der Waals surface area contributed by atoms with E-state index in [1.807, 2.05) is 0 Å². The molecule has 0 saturated carbocycles. The van der Waals surface area contributed by atoms with E-state index in [4.69, 9.17) is 14.3 Å². The standard InChI is InChI=1S/C44H39N11O14S5/c1-26-37(19-45)41(48-31-5-9-35(10-6-31)73(62,63)66-2)50-42(49-32-7-11-36(12-8-32)74(64,65)67-3)40(26)52-53-43-38(20-46)39(30-14-29(23-72(47,60)61)17-34(18-30)55-71(4,58)59)44(70-43)54-51-33-15-27(21-68-24-56)13-28(16-33)22-69-25-57/h5-18,24-25,55H,21-23H2,1-4H3,(H2,47,60,61)(H2,48,49,50). The quantitative estimate of drug-likeness (QED) is 0.0228. The number of benzene rings is 4. The van der Waals surface area contributed by atoms with Crippen LogP contribution < -0.4 is 15.4 Å². The van der Waals surface area contributed by atoms with Gasteiger partial charge in [0.1, 0.15) is 41.6 Å². The molecule has 384 valence electrons. The van der Waals surface area contributed by atoms with Crippen molar-refractivity contribution in [2.45, 2.75) is 35.7 Å². The van der Waals surface area contributed by atoms with Gasteiger partial charge in [-0.1, -0.05) is 11.3 Å². The zero-order chi connectivity index (χ0) is 54.0. The van der Waals surface area contributed by atoms with Crippen LogP contribution in [0.25, 0.3) is 11.1 Å². The molecule has 0 aliphatic rings. The number of sulfonamides is 1. The summed E-state index contributed by atoms with van der Waals surface area (Å²) in [6.07, 6.45) is 0.862. The number of hydrogen-bond acceptors (Lipinski definition) is 24. The van der Waals surface area contributed by atoms with E-state index in [1.165, 1.54) is 85.8 Å². The van der Waals surface area contributed by atoms with E-state index in [2.05, 4.69) is 61.3 Å². The molecule has 4 aromatic carbocycles. The predicted octanol–water partition coefficient (Wildman–Crippen LogP) is 8.59. The fourth-order valence-electron chi connectivity index (χ4n) is 6.77. The molecular weight excluding hydrogens is 1070 g/mol. The van der Waals surface area contributed by atoms with Gasteiger partial charge in [-0.2, -0.15) is 27.4 Å². The van der Waals surface area contributed by atoms with Crippen molar-refractivity contribution in [3.8, 4) is 23.3 Å². The van der Waals surface area contributed by atoms with Gasteiger partial charge in [0.15, 0.2) is 26.6 Å². The average Bonchev–Trinajstić information content (AvgIpc) is 3.70. The molecule has 6 rings (SSSR count). The van der Waals surface area contributed by atoms with Gasteiger partial charge in [0.05, 0.1) is 47.3 Å². The minimum Gasteiger partial charge on any atom is -0.463 e. The number of anilines is 5. The van der Waals surface area contributed by atoms with E-state index in [1.54, 1.807) is 6.07 Å². The Hall–Kier alpha value is -8.07. The van der Waals surface area contributed by atoms with Gasteiger partial charge in [0.25, 0.3) is 33.2 Å². The summed E-state index contributed by atoms with van der Waals surface area (Å²) in [4.78, 5) is 26.3. The fraction of sp³-hybridized carbons (Fsp3) is 0.159. The maximum atomic E-state index is 12.4. The van der Waals surface area contributed by atoms with E-state index in [9.17, 15) is 54.1 Å². The van der Waals surface area contributed by atoms with Gasteiger partial charge in [-0.15, -0.1) is 20.5 Å². The molecule has 0 aliphatic carbocycles. The molecule has 0 amide bonds. The Morgan fingerprint density at radius 3 is 1.70 bits per heavy atom. The van der Waals surface area contributed by atoms with Crippen LogP contribution in [0, 0.1) is 34.4 Å². The zero-order valence-corrected chi connectivity index (χ0v) is 42.9. The zero-order valence-electron chi connectivity index (χ0n) is 38.8. The summed E-state index contributed by atoms with van der Waals surface area (Å²) in [6, 6.07) is 23.2. The maximum absolute atomic E-state index is 12.4. The number of nitriles is 2. The molecule has 0 saturated heterocycles. The van der Waals surface area contributed by atoms with E-state index in [0.29, 0.717) is 16.8 Å². The number of carbonyl (C=O) groups excluding carboxylic acids is 2. The fourth-order valence-corrected chi connectivity index (χ4v) is 10.2. The van der Waals surface area contributed by atoms with Gasteiger partial charge >= 0.3 is 0 Å². The number of nitrogens with zero attached hydrogens (tertiary/aromatic N) is 7. The number of carbonyl (C=O) groups is 2. The Bertz CT molecular complexity index is 3680. The lowest BCUT2D eigenvalue weighted by molar-refractivity contribution is -0.130. The monoisotopic (exact) mass is 1110 g/mol. The molecule has 0 spiro atoms. The van der Waals surface area contributed by atoms with E-state index in [0.717, 1.165) is 31.8 Å². The molecule has 1 unspecified atom stereocenters. The summed E-state index contributed by atoms with van der Waals surface area (Å²) in [5, 5.41) is 44.9. The molecule has 74 heavy (non-hydrogen) atoms. The number of hydrogen-bond donors (Lipinski definition) is 5. The topological polar surface area (TPSA) is 381 Å². The minimum atomic E-state index is -4.22. The SMILES string of the molecule is COS(=O)(=O)c1ccc(Nc2nc(Nc3ccc(S(=O)(=O)OC)cc3)c(N=Nc3sc(N=Nc4cc(COC=O)cc(COC=O)c4)c(-c4cc(CS(=N)(=O)O)cc(NS(C)(=O)=O)c4)c3C#N)c(C)c2C#N)cc1. The number of rotatable bonds is 23. The highest BCUT2D eigenvalue weighted by molar-refractivity contribution is 7.92. The third-order valence-electron chi connectivity index (χ3n) is 9.88. The molecule has 0 aliphatic heterocycles. The second-order valence-electron chi connectivity index (χ2n) is 15.2. The van der Waals surface area contributed by atoms with Crippen molar-refractivity contribution in [3.05, 3.63) is 118 Å². The van der Waals surface area contributed by atoms with Gasteiger partial charge in [0.2, 0.25) is 10.0 Å². The lowest BCUT2D eigenvalue weighted by atomic mass is 10.0. The van der Waals surface area contributed by atoms with Crippen LogP contribution in [0.1, 0.15) is 33.4 Å².